The Morgan fingerprint density at radius 3 is 2.10 bits per heavy atom. The van der Waals surface area contributed by atoms with Crippen LogP contribution in [0, 0.1) is 5.82 Å². The van der Waals surface area contributed by atoms with Crippen LogP contribution in [0.15, 0.2) is 79.0 Å². The van der Waals surface area contributed by atoms with E-state index in [1.54, 1.807) is 18.3 Å². The molecule has 0 amide bonds. The number of aromatic nitrogens is 1. The van der Waals surface area contributed by atoms with E-state index in [9.17, 15) is 9.50 Å². The molecule has 0 aliphatic carbocycles. The van der Waals surface area contributed by atoms with Gasteiger partial charge in [-0.3, -0.25) is 4.90 Å². The van der Waals surface area contributed by atoms with Crippen molar-refractivity contribution in [3.8, 4) is 28.0 Å². The van der Waals surface area contributed by atoms with Gasteiger partial charge in [0.15, 0.2) is 0 Å². The SMILES string of the molecule is CC(C)(C)c1ccnc(N2c3cc(O)ccc3-c3ccccc3-c3ccc(F)cc32)c1. The molecule has 154 valence electrons. The molecule has 1 N–H and O–H groups in total. The van der Waals surface area contributed by atoms with Crippen molar-refractivity contribution >= 4 is 17.2 Å². The molecule has 3 nitrogen and oxygen atoms in total. The average Bonchev–Trinajstić information content (AvgIpc) is 2.85. The largest absolute Gasteiger partial charge is 0.508 e. The van der Waals surface area contributed by atoms with Crippen LogP contribution in [0.1, 0.15) is 26.3 Å². The normalized spacial score (nSPS) is 12.6. The number of nitrogens with zero attached hydrogens (tertiary/aromatic N) is 2. The molecule has 2 heterocycles. The van der Waals surface area contributed by atoms with Crippen molar-refractivity contribution in [2.75, 3.05) is 4.90 Å². The van der Waals surface area contributed by atoms with Gasteiger partial charge in [0.1, 0.15) is 17.4 Å². The van der Waals surface area contributed by atoms with Crippen molar-refractivity contribution in [3.05, 3.63) is 90.4 Å². The Balaban J connectivity index is 1.89. The average molecular weight is 410 g/mol. The number of hydrogen-bond donors (Lipinski definition) is 1. The summed E-state index contributed by atoms with van der Waals surface area (Å²) in [6.07, 6.45) is 1.79. The second-order valence-electron chi connectivity index (χ2n) is 8.90. The lowest BCUT2D eigenvalue weighted by molar-refractivity contribution is 0.475. The van der Waals surface area contributed by atoms with Crippen LogP contribution in [0.3, 0.4) is 0 Å². The van der Waals surface area contributed by atoms with Crippen molar-refractivity contribution in [3.63, 3.8) is 0 Å². The Morgan fingerprint density at radius 1 is 0.774 bits per heavy atom. The lowest BCUT2D eigenvalue weighted by Crippen LogP contribution is -2.16. The number of halogens is 1. The molecule has 0 spiro atoms. The van der Waals surface area contributed by atoms with E-state index in [1.807, 2.05) is 47.4 Å². The molecule has 0 saturated carbocycles. The molecule has 0 bridgehead atoms. The minimum Gasteiger partial charge on any atom is -0.508 e. The third kappa shape index (κ3) is 3.25. The highest BCUT2D eigenvalue weighted by Crippen LogP contribution is 2.51. The van der Waals surface area contributed by atoms with Crippen molar-refractivity contribution in [1.29, 1.82) is 0 Å². The van der Waals surface area contributed by atoms with Crippen LogP contribution < -0.4 is 4.90 Å². The molecular formula is C27H23FN2O. The monoisotopic (exact) mass is 410 g/mol. The first-order valence-corrected chi connectivity index (χ1v) is 10.3. The molecule has 0 unspecified atom stereocenters. The topological polar surface area (TPSA) is 36.4 Å². The van der Waals surface area contributed by atoms with Crippen LogP contribution in [-0.2, 0) is 5.41 Å². The maximum absolute atomic E-state index is 14.5. The van der Waals surface area contributed by atoms with Gasteiger partial charge in [-0.05, 0) is 64.6 Å². The molecule has 0 radical (unpaired) electrons. The Bertz CT molecular complexity index is 1230. The smallest absolute Gasteiger partial charge is 0.137 e. The maximum Gasteiger partial charge on any atom is 0.137 e. The quantitative estimate of drug-likeness (QED) is 0.314. The molecule has 5 rings (SSSR count). The van der Waals surface area contributed by atoms with Crippen LogP contribution in [0.25, 0.3) is 22.3 Å². The molecule has 4 aromatic rings. The summed E-state index contributed by atoms with van der Waals surface area (Å²) in [6, 6.07) is 22.3. The van der Waals surface area contributed by atoms with Gasteiger partial charge in [-0.15, -0.1) is 0 Å². The summed E-state index contributed by atoms with van der Waals surface area (Å²) >= 11 is 0. The molecule has 0 saturated heterocycles. The van der Waals surface area contributed by atoms with Crippen LogP contribution in [0.4, 0.5) is 21.6 Å². The number of anilines is 3. The minimum absolute atomic E-state index is 0.0705. The van der Waals surface area contributed by atoms with Crippen LogP contribution in [0.2, 0.25) is 0 Å². The number of phenolic OH excluding ortho intramolecular Hbond substituents is 1. The standard InChI is InChI=1S/C27H23FN2O/c1-27(2,3)17-12-13-29-26(14-17)30-24-15-18(28)8-10-22(24)20-6-4-5-7-21(20)23-11-9-19(31)16-25(23)30/h4-16,31H,1-3H3. The summed E-state index contributed by atoms with van der Waals surface area (Å²) in [5, 5.41) is 10.4. The molecule has 3 aromatic carbocycles. The highest BCUT2D eigenvalue weighted by Gasteiger charge is 2.28. The highest BCUT2D eigenvalue weighted by atomic mass is 19.1. The third-order valence-electron chi connectivity index (χ3n) is 5.77. The van der Waals surface area contributed by atoms with E-state index in [0.29, 0.717) is 11.5 Å². The molecule has 0 atom stereocenters. The van der Waals surface area contributed by atoms with E-state index in [4.69, 9.17) is 0 Å². The first-order valence-electron chi connectivity index (χ1n) is 10.3. The van der Waals surface area contributed by atoms with Gasteiger partial charge in [0, 0.05) is 23.4 Å². The zero-order valence-electron chi connectivity index (χ0n) is 17.7. The zero-order valence-corrected chi connectivity index (χ0v) is 17.7. The minimum atomic E-state index is -0.322. The summed E-state index contributed by atoms with van der Waals surface area (Å²) in [5.41, 5.74) is 6.41. The van der Waals surface area contributed by atoms with E-state index in [2.05, 4.69) is 31.8 Å². The molecule has 4 heteroatoms. The summed E-state index contributed by atoms with van der Waals surface area (Å²) in [4.78, 5) is 6.61. The Labute approximate surface area is 181 Å². The van der Waals surface area contributed by atoms with Crippen molar-refractivity contribution in [2.24, 2.45) is 0 Å². The molecular weight excluding hydrogens is 387 g/mol. The lowest BCUT2D eigenvalue weighted by atomic mass is 9.87. The maximum atomic E-state index is 14.5. The Hall–Kier alpha value is -3.66. The zero-order chi connectivity index (χ0) is 21.8. The van der Waals surface area contributed by atoms with E-state index in [-0.39, 0.29) is 17.0 Å². The number of phenols is 1. The van der Waals surface area contributed by atoms with Gasteiger partial charge >= 0.3 is 0 Å². The van der Waals surface area contributed by atoms with Gasteiger partial charge in [0.05, 0.1) is 11.4 Å². The lowest BCUT2D eigenvalue weighted by Gasteiger charge is -2.28. The number of rotatable bonds is 1. The highest BCUT2D eigenvalue weighted by molar-refractivity contribution is 6.02. The molecule has 1 aromatic heterocycles. The third-order valence-corrected chi connectivity index (χ3v) is 5.77. The molecule has 31 heavy (non-hydrogen) atoms. The Morgan fingerprint density at radius 2 is 1.42 bits per heavy atom. The molecule has 0 fully saturated rings. The molecule has 1 aliphatic rings. The number of hydrogen-bond acceptors (Lipinski definition) is 3. The summed E-state index contributed by atoms with van der Waals surface area (Å²) in [5.74, 6) is 0.504. The van der Waals surface area contributed by atoms with E-state index >= 15 is 0 Å². The number of pyridine rings is 1. The van der Waals surface area contributed by atoms with Gasteiger partial charge in [-0.2, -0.15) is 0 Å². The van der Waals surface area contributed by atoms with Crippen LogP contribution >= 0.6 is 0 Å². The van der Waals surface area contributed by atoms with Gasteiger partial charge < -0.3 is 5.11 Å². The van der Waals surface area contributed by atoms with Gasteiger partial charge in [0.2, 0.25) is 0 Å². The summed E-state index contributed by atoms with van der Waals surface area (Å²) in [6.45, 7) is 6.45. The first-order chi connectivity index (χ1) is 14.8. The summed E-state index contributed by atoms with van der Waals surface area (Å²) < 4.78 is 14.5. The van der Waals surface area contributed by atoms with Crippen LogP contribution in [0.5, 0.6) is 5.75 Å². The van der Waals surface area contributed by atoms with Crippen molar-refractivity contribution in [2.45, 2.75) is 26.2 Å². The van der Waals surface area contributed by atoms with Crippen molar-refractivity contribution in [1.82, 2.24) is 4.98 Å². The Kier molecular flexibility index (Phi) is 4.33. The van der Waals surface area contributed by atoms with E-state index in [1.165, 1.54) is 12.1 Å². The van der Waals surface area contributed by atoms with Gasteiger partial charge in [0.25, 0.3) is 0 Å². The fourth-order valence-electron chi connectivity index (χ4n) is 4.19. The fraction of sp³-hybridized carbons (Fsp3) is 0.148. The summed E-state index contributed by atoms with van der Waals surface area (Å²) in [7, 11) is 0. The van der Waals surface area contributed by atoms with Crippen LogP contribution in [-0.4, -0.2) is 10.1 Å². The number of fused-ring (bicyclic) bond motifs is 5. The van der Waals surface area contributed by atoms with Crippen molar-refractivity contribution < 1.29 is 9.50 Å². The second-order valence-corrected chi connectivity index (χ2v) is 8.90. The van der Waals surface area contributed by atoms with Gasteiger partial charge in [-0.25, -0.2) is 9.37 Å². The van der Waals surface area contributed by atoms with E-state index in [0.717, 1.165) is 33.5 Å². The predicted octanol–water partition coefficient (Wildman–Crippen LogP) is 7.34. The van der Waals surface area contributed by atoms with E-state index < -0.39 is 0 Å². The number of benzene rings is 3. The predicted molar refractivity (Wildman–Crippen MR) is 124 cm³/mol. The number of aromatic hydroxyl groups is 1. The second kappa shape index (κ2) is 6.95. The van der Waals surface area contributed by atoms with Gasteiger partial charge in [-0.1, -0.05) is 45.0 Å². The fourth-order valence-corrected chi connectivity index (χ4v) is 4.19. The first kappa shape index (κ1) is 19.3. The molecule has 1 aliphatic heterocycles.